The van der Waals surface area contributed by atoms with Crippen molar-refractivity contribution in [2.24, 2.45) is 0 Å². The molecule has 2 N–H and O–H groups in total. The zero-order chi connectivity index (χ0) is 9.19. The smallest absolute Gasteiger partial charge is 0.270 e. The van der Waals surface area contributed by atoms with E-state index in [1.807, 2.05) is 0 Å². The molecule has 0 unspecified atom stereocenters. The van der Waals surface area contributed by atoms with Crippen LogP contribution < -0.4 is 0 Å². The normalized spacial score (nSPS) is 20.8. The lowest BCUT2D eigenvalue weighted by molar-refractivity contribution is 0.0556. The van der Waals surface area contributed by atoms with Gasteiger partial charge in [0.05, 0.1) is 18.5 Å². The lowest BCUT2D eigenvalue weighted by Gasteiger charge is -2.07. The number of rotatable bonds is 5. The summed E-state index contributed by atoms with van der Waals surface area (Å²) in [6.45, 7) is -0.838. The second-order valence-electron chi connectivity index (χ2n) is 2.81. The summed E-state index contributed by atoms with van der Waals surface area (Å²) in [4.78, 5) is 0. The molecule has 1 saturated carbocycles. The van der Waals surface area contributed by atoms with E-state index in [9.17, 15) is 8.42 Å². The van der Waals surface area contributed by atoms with Crippen LogP contribution in [0.25, 0.3) is 0 Å². The Hall–Kier alpha value is -0.170. The molecule has 0 bridgehead atoms. The van der Waals surface area contributed by atoms with Crippen LogP contribution in [-0.4, -0.2) is 43.2 Å². The maximum atomic E-state index is 11.0. The van der Waals surface area contributed by atoms with Gasteiger partial charge in [-0.2, -0.15) is 8.42 Å². The van der Waals surface area contributed by atoms with Gasteiger partial charge in [-0.05, 0) is 12.8 Å². The van der Waals surface area contributed by atoms with Crippen molar-refractivity contribution in [3.05, 3.63) is 0 Å². The van der Waals surface area contributed by atoms with Gasteiger partial charge in [-0.15, -0.1) is 0 Å². The largest absolute Gasteiger partial charge is 0.394 e. The quantitative estimate of drug-likeness (QED) is 0.542. The van der Waals surface area contributed by atoms with Gasteiger partial charge in [0.1, 0.15) is 6.10 Å². The average molecular weight is 196 g/mol. The van der Waals surface area contributed by atoms with E-state index in [1.54, 1.807) is 0 Å². The number of hydrogen-bond acceptors (Lipinski definition) is 5. The highest BCUT2D eigenvalue weighted by molar-refractivity contribution is 7.87. The summed E-state index contributed by atoms with van der Waals surface area (Å²) in [6, 6.07) is 0. The monoisotopic (exact) mass is 196 g/mol. The molecule has 0 heterocycles. The Kier molecular flexibility index (Phi) is 3.05. The first-order valence-electron chi connectivity index (χ1n) is 3.73. The van der Waals surface area contributed by atoms with E-state index in [4.69, 9.17) is 10.2 Å². The summed E-state index contributed by atoms with van der Waals surface area (Å²) in [5.41, 5.74) is 0. The molecule has 1 aliphatic rings. The van der Waals surface area contributed by atoms with Crippen molar-refractivity contribution in [2.75, 3.05) is 13.2 Å². The number of aliphatic hydroxyl groups is 2. The van der Waals surface area contributed by atoms with E-state index in [1.165, 1.54) is 0 Å². The van der Waals surface area contributed by atoms with Gasteiger partial charge in [0, 0.05) is 0 Å². The standard InChI is InChI=1S/C6H12O5S/c7-3-5(8)4-11-12(9,10)6-1-2-6/h5-8H,1-4H2/t5-/m1/s1. The number of aliphatic hydroxyl groups excluding tert-OH is 2. The fourth-order valence-electron chi connectivity index (χ4n) is 0.679. The van der Waals surface area contributed by atoms with Gasteiger partial charge < -0.3 is 10.2 Å². The van der Waals surface area contributed by atoms with Crippen LogP contribution in [-0.2, 0) is 14.3 Å². The predicted octanol–water partition coefficient (Wildman–Crippen LogP) is -1.15. The molecule has 0 aromatic heterocycles. The molecule has 0 spiro atoms. The molecule has 1 atom stereocenters. The molecule has 0 aliphatic heterocycles. The maximum Gasteiger partial charge on any atom is 0.270 e. The molecular weight excluding hydrogens is 184 g/mol. The first-order valence-corrected chi connectivity index (χ1v) is 5.20. The lowest BCUT2D eigenvalue weighted by atomic mass is 10.4. The zero-order valence-electron chi connectivity index (χ0n) is 6.51. The highest BCUT2D eigenvalue weighted by Gasteiger charge is 2.36. The molecule has 0 saturated heterocycles. The highest BCUT2D eigenvalue weighted by atomic mass is 32.2. The van der Waals surface area contributed by atoms with Crippen LogP contribution in [0.5, 0.6) is 0 Å². The average Bonchev–Trinajstić information content (AvgIpc) is 2.82. The second-order valence-corrected chi connectivity index (χ2v) is 4.70. The Labute approximate surface area is 71.1 Å². The van der Waals surface area contributed by atoms with Gasteiger partial charge >= 0.3 is 0 Å². The Morgan fingerprint density at radius 3 is 2.50 bits per heavy atom. The van der Waals surface area contributed by atoms with E-state index in [0.29, 0.717) is 12.8 Å². The Bertz CT molecular complexity index is 230. The van der Waals surface area contributed by atoms with Crippen molar-refractivity contribution in [3.8, 4) is 0 Å². The summed E-state index contributed by atoms with van der Waals surface area (Å²) in [5, 5.41) is 16.8. The SMILES string of the molecule is O=S(=O)(OC[C@H](O)CO)C1CC1. The van der Waals surface area contributed by atoms with Gasteiger partial charge in [-0.25, -0.2) is 0 Å². The fourth-order valence-corrected chi connectivity index (χ4v) is 1.93. The molecule has 12 heavy (non-hydrogen) atoms. The molecule has 72 valence electrons. The Balaban J connectivity index is 2.30. The van der Waals surface area contributed by atoms with Crippen LogP contribution in [0.2, 0.25) is 0 Å². The van der Waals surface area contributed by atoms with E-state index in [2.05, 4.69) is 4.18 Å². The third-order valence-electron chi connectivity index (χ3n) is 1.57. The van der Waals surface area contributed by atoms with Crippen molar-refractivity contribution >= 4 is 10.1 Å². The minimum Gasteiger partial charge on any atom is -0.394 e. The van der Waals surface area contributed by atoms with Gasteiger partial charge in [-0.1, -0.05) is 0 Å². The number of hydrogen-bond donors (Lipinski definition) is 2. The summed E-state index contributed by atoms with van der Waals surface area (Å²) in [6.07, 6.45) is 0.160. The molecule has 5 nitrogen and oxygen atoms in total. The minimum atomic E-state index is -3.46. The van der Waals surface area contributed by atoms with Crippen LogP contribution >= 0.6 is 0 Å². The third kappa shape index (κ3) is 2.71. The fraction of sp³-hybridized carbons (Fsp3) is 1.00. The third-order valence-corrected chi connectivity index (χ3v) is 3.32. The minimum absolute atomic E-state index is 0.352. The van der Waals surface area contributed by atoms with Crippen LogP contribution in [0.15, 0.2) is 0 Å². The van der Waals surface area contributed by atoms with Crippen molar-refractivity contribution in [2.45, 2.75) is 24.2 Å². The topological polar surface area (TPSA) is 83.8 Å². The van der Waals surface area contributed by atoms with E-state index in [0.717, 1.165) is 0 Å². The van der Waals surface area contributed by atoms with E-state index >= 15 is 0 Å². The molecule has 0 amide bonds. The zero-order valence-corrected chi connectivity index (χ0v) is 7.33. The lowest BCUT2D eigenvalue weighted by Crippen LogP contribution is -2.23. The van der Waals surface area contributed by atoms with Crippen molar-refractivity contribution in [1.82, 2.24) is 0 Å². The molecule has 0 aromatic rings. The van der Waals surface area contributed by atoms with E-state index < -0.39 is 22.8 Å². The summed E-state index contributed by atoms with van der Waals surface area (Å²) in [5.74, 6) is 0. The first-order chi connectivity index (χ1) is 5.56. The summed E-state index contributed by atoms with van der Waals surface area (Å²) < 4.78 is 26.5. The van der Waals surface area contributed by atoms with Crippen LogP contribution in [0.1, 0.15) is 12.8 Å². The molecule has 6 heteroatoms. The molecule has 0 radical (unpaired) electrons. The van der Waals surface area contributed by atoms with Crippen molar-refractivity contribution < 1.29 is 22.8 Å². The predicted molar refractivity (Wildman–Crippen MR) is 41.0 cm³/mol. The highest BCUT2D eigenvalue weighted by Crippen LogP contribution is 2.29. The Morgan fingerprint density at radius 2 is 2.08 bits per heavy atom. The van der Waals surface area contributed by atoms with Gasteiger partial charge in [0.25, 0.3) is 10.1 Å². The Morgan fingerprint density at radius 1 is 1.50 bits per heavy atom. The first kappa shape index (κ1) is 9.91. The van der Waals surface area contributed by atoms with E-state index in [-0.39, 0.29) is 11.9 Å². The van der Waals surface area contributed by atoms with Crippen LogP contribution in [0.3, 0.4) is 0 Å². The van der Waals surface area contributed by atoms with Crippen LogP contribution in [0, 0.1) is 0 Å². The summed E-state index contributed by atoms with van der Waals surface area (Å²) in [7, 11) is -3.46. The molecule has 0 aromatic carbocycles. The molecule has 1 rings (SSSR count). The molecular formula is C6H12O5S. The van der Waals surface area contributed by atoms with Gasteiger partial charge in [-0.3, -0.25) is 4.18 Å². The maximum absolute atomic E-state index is 11.0. The molecule has 1 aliphatic carbocycles. The second kappa shape index (κ2) is 3.69. The summed E-state index contributed by atoms with van der Waals surface area (Å²) >= 11 is 0. The van der Waals surface area contributed by atoms with Crippen molar-refractivity contribution in [1.29, 1.82) is 0 Å². The molecule has 1 fully saturated rings. The van der Waals surface area contributed by atoms with Gasteiger partial charge in [0.2, 0.25) is 0 Å². The van der Waals surface area contributed by atoms with Gasteiger partial charge in [0.15, 0.2) is 0 Å². The van der Waals surface area contributed by atoms with Crippen molar-refractivity contribution in [3.63, 3.8) is 0 Å². The van der Waals surface area contributed by atoms with Crippen LogP contribution in [0.4, 0.5) is 0 Å².